The highest BCUT2D eigenvalue weighted by Crippen LogP contribution is 2.34. The highest BCUT2D eigenvalue weighted by Gasteiger charge is 2.50. The van der Waals surface area contributed by atoms with Crippen molar-refractivity contribution in [3.63, 3.8) is 0 Å². The van der Waals surface area contributed by atoms with Crippen LogP contribution in [0, 0.1) is 17.2 Å². The number of likely N-dealkylation sites (tertiary alicyclic amines) is 1. The van der Waals surface area contributed by atoms with Gasteiger partial charge in [0.1, 0.15) is 18.1 Å². The Bertz CT molecular complexity index is 1340. The number of benzene rings is 1. The largest absolute Gasteiger partial charge is 0.480 e. The second kappa shape index (κ2) is 14.6. The van der Waals surface area contributed by atoms with Crippen molar-refractivity contribution in [1.82, 2.24) is 20.4 Å². The molecule has 0 saturated carbocycles. The summed E-state index contributed by atoms with van der Waals surface area (Å²) in [6.07, 6.45) is -0.560. The minimum Gasteiger partial charge on any atom is -0.480 e. The molecule has 3 heterocycles. The lowest BCUT2D eigenvalue weighted by atomic mass is 9.99. The number of hydrogen-bond donors (Lipinski definition) is 4. The van der Waals surface area contributed by atoms with Gasteiger partial charge < -0.3 is 31.3 Å². The zero-order valence-corrected chi connectivity index (χ0v) is 25.4. The van der Waals surface area contributed by atoms with Crippen molar-refractivity contribution in [1.29, 1.82) is 5.26 Å². The fourth-order valence-corrected chi connectivity index (χ4v) is 7.61. The number of aliphatic carboxylic acids is 1. The maximum absolute atomic E-state index is 13.8. The van der Waals surface area contributed by atoms with Gasteiger partial charge in [-0.15, -0.1) is 0 Å². The molecule has 0 aliphatic carbocycles. The van der Waals surface area contributed by atoms with Crippen molar-refractivity contribution in [2.24, 2.45) is 11.7 Å². The molecule has 238 valence electrons. The van der Waals surface area contributed by atoms with E-state index in [0.717, 1.165) is 21.6 Å². The summed E-state index contributed by atoms with van der Waals surface area (Å²) in [5.41, 5.74) is 8.08. The Morgan fingerprint density at radius 2 is 2.02 bits per heavy atom. The van der Waals surface area contributed by atoms with Gasteiger partial charge >= 0.3 is 5.97 Å². The van der Waals surface area contributed by atoms with Crippen LogP contribution in [-0.2, 0) is 43.5 Å². The number of nitriles is 1. The number of nitrogens with two attached hydrogens (primary N) is 1. The van der Waals surface area contributed by atoms with Gasteiger partial charge in [-0.25, -0.2) is 13.6 Å². The van der Waals surface area contributed by atoms with Gasteiger partial charge in [0.25, 0.3) is 5.92 Å². The van der Waals surface area contributed by atoms with Crippen LogP contribution in [0.5, 0.6) is 0 Å². The number of nitrogens with zero attached hydrogens (tertiary/aromatic N) is 3. The second-order valence-corrected chi connectivity index (χ2v) is 13.7. The third-order valence-electron chi connectivity index (χ3n) is 7.84. The van der Waals surface area contributed by atoms with Gasteiger partial charge in [0.15, 0.2) is 0 Å². The van der Waals surface area contributed by atoms with E-state index >= 15 is 0 Å². The van der Waals surface area contributed by atoms with E-state index in [9.17, 15) is 43.1 Å². The van der Waals surface area contributed by atoms with Crippen LogP contribution in [0.25, 0.3) is 0 Å². The fourth-order valence-electron chi connectivity index (χ4n) is 5.60. The molecule has 0 radical (unpaired) electrons. The number of amides is 4. The average Bonchev–Trinajstić information content (AvgIpc) is 3.67. The van der Waals surface area contributed by atoms with Gasteiger partial charge in [0.05, 0.1) is 12.6 Å². The summed E-state index contributed by atoms with van der Waals surface area (Å²) in [6.45, 7) is 0.154. The number of aryl methyl sites for hydroxylation is 1. The predicted molar refractivity (Wildman–Crippen MR) is 158 cm³/mol. The molecule has 4 atom stereocenters. The highest BCUT2D eigenvalue weighted by atomic mass is 33.1. The van der Waals surface area contributed by atoms with E-state index in [0.29, 0.717) is 25.3 Å². The zero-order chi connectivity index (χ0) is 32.0. The number of carbonyl (C=O) groups excluding carboxylic acids is 4. The Morgan fingerprint density at radius 1 is 1.25 bits per heavy atom. The van der Waals surface area contributed by atoms with Crippen LogP contribution in [0.2, 0.25) is 0 Å². The van der Waals surface area contributed by atoms with Crippen LogP contribution in [0.15, 0.2) is 18.2 Å². The fraction of sp³-hybridized carbons (Fsp3) is 0.571. The summed E-state index contributed by atoms with van der Waals surface area (Å²) in [7, 11) is 2.77. The Kier molecular flexibility index (Phi) is 11.1. The van der Waals surface area contributed by atoms with Gasteiger partial charge in [-0.2, -0.15) is 5.26 Å². The molecule has 2 fully saturated rings. The Balaban J connectivity index is 1.29. The summed E-state index contributed by atoms with van der Waals surface area (Å²) in [5.74, 6) is -6.23. The van der Waals surface area contributed by atoms with Gasteiger partial charge in [-0.3, -0.25) is 19.2 Å². The van der Waals surface area contributed by atoms with Gasteiger partial charge in [0.2, 0.25) is 23.6 Å². The molecule has 5 N–H and O–H groups in total. The Hall–Kier alpha value is -3.42. The normalized spacial score (nSPS) is 22.7. The Morgan fingerprint density at radius 3 is 2.73 bits per heavy atom. The molecule has 0 aromatic heterocycles. The number of hydrogen-bond acceptors (Lipinski definition) is 9. The molecule has 16 heteroatoms. The lowest BCUT2D eigenvalue weighted by Crippen LogP contribution is -2.46. The molecule has 1 aromatic rings. The average molecular weight is 653 g/mol. The van der Waals surface area contributed by atoms with Crippen molar-refractivity contribution in [2.45, 2.75) is 69.2 Å². The summed E-state index contributed by atoms with van der Waals surface area (Å²) in [5, 5.41) is 23.7. The van der Waals surface area contributed by atoms with Crippen molar-refractivity contribution < 1.29 is 37.9 Å². The second-order valence-electron chi connectivity index (χ2n) is 11.0. The van der Waals surface area contributed by atoms with E-state index in [1.807, 2.05) is 18.2 Å². The molecule has 0 bridgehead atoms. The molecule has 1 aromatic carbocycles. The first-order valence-electron chi connectivity index (χ1n) is 14.1. The van der Waals surface area contributed by atoms with Crippen LogP contribution in [-0.4, -0.2) is 93.1 Å². The number of rotatable bonds is 13. The van der Waals surface area contributed by atoms with Crippen LogP contribution >= 0.6 is 21.6 Å². The van der Waals surface area contributed by atoms with Crippen molar-refractivity contribution in [3.8, 4) is 6.07 Å². The minimum absolute atomic E-state index is 0.0354. The summed E-state index contributed by atoms with van der Waals surface area (Å²) >= 11 is 0. The molecule has 3 aliphatic heterocycles. The first-order chi connectivity index (χ1) is 20.9. The molecule has 3 aliphatic rings. The van der Waals surface area contributed by atoms with Crippen LogP contribution in [0.4, 0.5) is 8.78 Å². The van der Waals surface area contributed by atoms with Crippen LogP contribution in [0.1, 0.15) is 42.4 Å². The smallest absolute Gasteiger partial charge is 0.327 e. The van der Waals surface area contributed by atoms with E-state index < -0.39 is 66.6 Å². The van der Waals surface area contributed by atoms with Crippen molar-refractivity contribution in [2.75, 3.05) is 24.6 Å². The number of alkyl halides is 2. The third-order valence-corrected chi connectivity index (χ3v) is 10.3. The van der Waals surface area contributed by atoms with E-state index in [2.05, 4.69) is 10.6 Å². The van der Waals surface area contributed by atoms with Crippen LogP contribution in [0.3, 0.4) is 0 Å². The summed E-state index contributed by atoms with van der Waals surface area (Å²) < 4.78 is 27.6. The Labute approximate surface area is 260 Å². The number of carboxylic acid groups (broad SMARTS) is 1. The summed E-state index contributed by atoms with van der Waals surface area (Å²) in [4.78, 5) is 65.2. The van der Waals surface area contributed by atoms with E-state index in [4.69, 9.17) is 5.73 Å². The summed E-state index contributed by atoms with van der Waals surface area (Å²) in [6, 6.07) is 3.88. The zero-order valence-electron chi connectivity index (χ0n) is 23.8. The molecular weight excluding hydrogens is 618 g/mol. The molecule has 1 unspecified atom stereocenters. The van der Waals surface area contributed by atoms with E-state index in [1.165, 1.54) is 21.6 Å². The third kappa shape index (κ3) is 8.19. The SMILES string of the molecule is N#C[C@@H]1CC(F)(F)CN1C(=O)[C@@H]1C[C@@H](CC(=O)N2Cc3cccc(CCC(=O)NC(CSSCCN)C(=O)O)c3C2)C(=O)N1. The number of carbonyl (C=O) groups is 5. The van der Waals surface area contributed by atoms with E-state index in [-0.39, 0.29) is 37.5 Å². The van der Waals surface area contributed by atoms with Gasteiger partial charge in [-0.05, 0) is 29.5 Å². The number of nitrogens with one attached hydrogen (secondary N) is 2. The molecular formula is C28H34F2N6O6S2. The monoisotopic (exact) mass is 652 g/mol. The highest BCUT2D eigenvalue weighted by molar-refractivity contribution is 8.76. The first kappa shape index (κ1) is 33.5. The topological polar surface area (TPSA) is 186 Å². The quantitative estimate of drug-likeness (QED) is 0.177. The maximum Gasteiger partial charge on any atom is 0.327 e. The number of carboxylic acids is 1. The van der Waals surface area contributed by atoms with Gasteiger partial charge in [-0.1, -0.05) is 39.8 Å². The molecule has 12 nitrogen and oxygen atoms in total. The van der Waals surface area contributed by atoms with E-state index in [1.54, 1.807) is 11.0 Å². The predicted octanol–water partition coefficient (Wildman–Crippen LogP) is 1.03. The molecule has 0 spiro atoms. The van der Waals surface area contributed by atoms with Crippen molar-refractivity contribution >= 4 is 51.2 Å². The minimum atomic E-state index is -3.18. The van der Waals surface area contributed by atoms with Crippen LogP contribution < -0.4 is 16.4 Å². The lowest BCUT2D eigenvalue weighted by molar-refractivity contribution is -0.141. The standard InChI is InChI=1S/C28H34F2N6O6S2/c29-28(30)10-19(11-32)36(15-28)26(40)21-8-18(25(39)34-21)9-24(38)35-12-17-3-1-2-16(20(17)13-35)4-5-23(37)33-22(27(41)42)14-44-43-7-6-31/h1-3,18-19,21-22H,4-10,12-15,31H2,(H,33,37)(H,34,39)(H,41,42)/t18-,19-,21-,22?/m0/s1. The van der Waals surface area contributed by atoms with Crippen molar-refractivity contribution in [3.05, 3.63) is 34.9 Å². The number of halogens is 2. The maximum atomic E-state index is 13.8. The molecule has 4 rings (SSSR count). The first-order valence-corrected chi connectivity index (χ1v) is 16.6. The molecule has 4 amide bonds. The lowest BCUT2D eigenvalue weighted by Gasteiger charge is -2.22. The number of fused-ring (bicyclic) bond motifs is 1. The molecule has 2 saturated heterocycles. The van der Waals surface area contributed by atoms with Gasteiger partial charge in [0, 0.05) is 56.3 Å². The molecule has 44 heavy (non-hydrogen) atoms.